The molecule has 0 saturated carbocycles. The molecule has 22 heavy (non-hydrogen) atoms. The first kappa shape index (κ1) is 18.7. The van der Waals surface area contributed by atoms with Gasteiger partial charge in [0.1, 0.15) is 12.6 Å². The van der Waals surface area contributed by atoms with Gasteiger partial charge in [-0.25, -0.2) is 9.59 Å². The molecule has 7 heteroatoms. The molecule has 0 bridgehead atoms. The van der Waals surface area contributed by atoms with Crippen LogP contribution in [-0.4, -0.2) is 55.7 Å². The summed E-state index contributed by atoms with van der Waals surface area (Å²) in [6, 6.07) is -0.896. The first-order chi connectivity index (χ1) is 9.99. The lowest BCUT2D eigenvalue weighted by atomic mass is 10.2. The lowest BCUT2D eigenvalue weighted by Crippen LogP contribution is -2.45. The maximum absolute atomic E-state index is 12.0. The van der Waals surface area contributed by atoms with Gasteiger partial charge in [0.15, 0.2) is 8.32 Å². The zero-order valence-corrected chi connectivity index (χ0v) is 15.1. The van der Waals surface area contributed by atoms with Crippen molar-refractivity contribution in [2.45, 2.75) is 57.5 Å². The quantitative estimate of drug-likeness (QED) is 0.620. The van der Waals surface area contributed by atoms with Crippen molar-refractivity contribution in [3.05, 3.63) is 12.7 Å². The predicted octanol–water partition coefficient (Wildman–Crippen LogP) is 2.86. The Hall–Kier alpha value is -1.34. The number of rotatable bonds is 5. The highest BCUT2D eigenvalue weighted by molar-refractivity contribution is 6.74. The van der Waals surface area contributed by atoms with Crippen LogP contribution in [0.4, 0.5) is 4.79 Å². The van der Waals surface area contributed by atoms with Crippen molar-refractivity contribution in [3.8, 4) is 0 Å². The number of carboxylic acids is 1. The highest BCUT2D eigenvalue weighted by atomic mass is 28.4. The van der Waals surface area contributed by atoms with E-state index in [1.165, 1.54) is 11.0 Å². The number of nitrogens with zero attached hydrogens (tertiary/aromatic N) is 1. The third kappa shape index (κ3) is 4.33. The summed E-state index contributed by atoms with van der Waals surface area (Å²) < 4.78 is 11.2. The van der Waals surface area contributed by atoms with E-state index < -0.39 is 26.4 Å². The van der Waals surface area contributed by atoms with Crippen molar-refractivity contribution in [1.82, 2.24) is 4.90 Å². The Morgan fingerprint density at radius 3 is 2.45 bits per heavy atom. The van der Waals surface area contributed by atoms with Crippen molar-refractivity contribution in [2.75, 3.05) is 13.2 Å². The van der Waals surface area contributed by atoms with Gasteiger partial charge in [0, 0.05) is 13.0 Å². The molecule has 126 valence electrons. The molecule has 1 aliphatic rings. The minimum atomic E-state index is -2.01. The summed E-state index contributed by atoms with van der Waals surface area (Å²) >= 11 is 0. The molecule has 0 aliphatic carbocycles. The predicted molar refractivity (Wildman–Crippen MR) is 86.4 cm³/mol. The van der Waals surface area contributed by atoms with E-state index in [4.69, 9.17) is 9.16 Å². The number of amides is 1. The molecule has 0 spiro atoms. The summed E-state index contributed by atoms with van der Waals surface area (Å²) in [6.45, 7) is 14.4. The molecule has 0 aromatic carbocycles. The average molecular weight is 329 g/mol. The Kier molecular flexibility index (Phi) is 5.80. The van der Waals surface area contributed by atoms with Crippen LogP contribution >= 0.6 is 0 Å². The van der Waals surface area contributed by atoms with Crippen LogP contribution in [0.3, 0.4) is 0 Å². The van der Waals surface area contributed by atoms with Crippen molar-refractivity contribution in [1.29, 1.82) is 0 Å². The van der Waals surface area contributed by atoms with E-state index in [1.807, 2.05) is 0 Å². The molecule has 1 aliphatic heterocycles. The van der Waals surface area contributed by atoms with Crippen LogP contribution in [0.5, 0.6) is 0 Å². The fourth-order valence-electron chi connectivity index (χ4n) is 2.13. The molecule has 0 radical (unpaired) electrons. The SMILES string of the molecule is C=CCOC(=O)N1C[C@H](O[Si](C)(C)C(C)(C)C)C[C@H]1C(=O)O. The summed E-state index contributed by atoms with van der Waals surface area (Å²) in [5.41, 5.74) is 0. The molecular formula is C15H27NO5Si. The second-order valence-corrected chi connectivity index (χ2v) is 11.9. The van der Waals surface area contributed by atoms with E-state index in [0.29, 0.717) is 6.42 Å². The molecule has 0 unspecified atom stereocenters. The highest BCUT2D eigenvalue weighted by Crippen LogP contribution is 2.38. The van der Waals surface area contributed by atoms with Gasteiger partial charge in [-0.1, -0.05) is 33.4 Å². The molecule has 1 heterocycles. The number of carbonyl (C=O) groups is 2. The second kappa shape index (κ2) is 6.83. The van der Waals surface area contributed by atoms with E-state index in [9.17, 15) is 14.7 Å². The molecule has 2 atom stereocenters. The van der Waals surface area contributed by atoms with Gasteiger partial charge in [0.2, 0.25) is 0 Å². The summed E-state index contributed by atoms with van der Waals surface area (Å²) in [5.74, 6) is -1.03. The second-order valence-electron chi connectivity index (χ2n) is 7.11. The standard InChI is InChI=1S/C15H27NO5Si/c1-7-8-20-14(19)16-10-11(9-12(16)13(17)18)21-22(5,6)15(2,3)4/h7,11-12H,1,8-10H2,2-6H3,(H,17,18)/t11-,12+/m1/s1. The summed E-state index contributed by atoms with van der Waals surface area (Å²) in [5, 5.41) is 9.35. The minimum absolute atomic E-state index is 0.0302. The van der Waals surface area contributed by atoms with E-state index in [2.05, 4.69) is 40.4 Å². The average Bonchev–Trinajstić information content (AvgIpc) is 2.78. The third-order valence-corrected chi connectivity index (χ3v) is 8.91. The van der Waals surface area contributed by atoms with Gasteiger partial charge < -0.3 is 14.3 Å². The smallest absolute Gasteiger partial charge is 0.410 e. The third-order valence-electron chi connectivity index (χ3n) is 4.37. The van der Waals surface area contributed by atoms with E-state index in [1.54, 1.807) is 0 Å². The molecule has 1 fully saturated rings. The zero-order valence-electron chi connectivity index (χ0n) is 14.1. The van der Waals surface area contributed by atoms with Gasteiger partial charge in [-0.2, -0.15) is 0 Å². The molecule has 0 aromatic heterocycles. The van der Waals surface area contributed by atoms with Crippen LogP contribution in [0.1, 0.15) is 27.2 Å². The molecule has 1 N–H and O–H groups in total. The first-order valence-electron chi connectivity index (χ1n) is 7.44. The topological polar surface area (TPSA) is 76.1 Å². The van der Waals surface area contributed by atoms with Crippen LogP contribution < -0.4 is 0 Å². The Morgan fingerprint density at radius 2 is 2.00 bits per heavy atom. The van der Waals surface area contributed by atoms with Gasteiger partial charge >= 0.3 is 12.1 Å². The number of hydrogen-bond acceptors (Lipinski definition) is 4. The van der Waals surface area contributed by atoms with Gasteiger partial charge in [-0.05, 0) is 18.1 Å². The van der Waals surface area contributed by atoms with Gasteiger partial charge in [0.25, 0.3) is 0 Å². The van der Waals surface area contributed by atoms with E-state index in [0.717, 1.165) is 0 Å². The monoisotopic (exact) mass is 329 g/mol. The molecule has 6 nitrogen and oxygen atoms in total. The molecule has 1 rings (SSSR count). The highest BCUT2D eigenvalue weighted by Gasteiger charge is 2.46. The van der Waals surface area contributed by atoms with Gasteiger partial charge in [-0.3, -0.25) is 4.90 Å². The number of aliphatic carboxylic acids is 1. The normalized spacial score (nSPS) is 22.5. The van der Waals surface area contributed by atoms with Crippen LogP contribution in [0.2, 0.25) is 18.1 Å². The van der Waals surface area contributed by atoms with Gasteiger partial charge in [-0.15, -0.1) is 0 Å². The number of likely N-dealkylation sites (tertiary alicyclic amines) is 1. The summed E-state index contributed by atoms with van der Waals surface area (Å²) in [6.07, 6.45) is 0.852. The molecular weight excluding hydrogens is 302 g/mol. The number of carboxylic acid groups (broad SMARTS) is 1. The Labute approximate surface area is 133 Å². The summed E-state index contributed by atoms with van der Waals surface area (Å²) in [4.78, 5) is 24.6. The fraction of sp³-hybridized carbons (Fsp3) is 0.733. The number of carbonyl (C=O) groups excluding carboxylic acids is 1. The van der Waals surface area contributed by atoms with Crippen LogP contribution in [0, 0.1) is 0 Å². The largest absolute Gasteiger partial charge is 0.480 e. The van der Waals surface area contributed by atoms with E-state index in [-0.39, 0.29) is 24.3 Å². The number of hydrogen-bond donors (Lipinski definition) is 1. The van der Waals surface area contributed by atoms with Crippen molar-refractivity contribution in [2.24, 2.45) is 0 Å². The Morgan fingerprint density at radius 1 is 1.41 bits per heavy atom. The number of ether oxygens (including phenoxy) is 1. The Balaban J connectivity index is 2.80. The van der Waals surface area contributed by atoms with Crippen molar-refractivity contribution >= 4 is 20.4 Å². The van der Waals surface area contributed by atoms with Crippen molar-refractivity contribution < 1.29 is 23.9 Å². The maximum Gasteiger partial charge on any atom is 0.410 e. The maximum atomic E-state index is 12.0. The minimum Gasteiger partial charge on any atom is -0.480 e. The molecule has 1 amide bonds. The van der Waals surface area contributed by atoms with Crippen LogP contribution in [0.25, 0.3) is 0 Å². The lowest BCUT2D eigenvalue weighted by molar-refractivity contribution is -0.141. The first-order valence-corrected chi connectivity index (χ1v) is 10.4. The van der Waals surface area contributed by atoms with Crippen molar-refractivity contribution in [3.63, 3.8) is 0 Å². The van der Waals surface area contributed by atoms with E-state index >= 15 is 0 Å². The molecule has 1 saturated heterocycles. The van der Waals surface area contributed by atoms with Gasteiger partial charge in [0.05, 0.1) is 6.10 Å². The Bertz CT molecular complexity index is 444. The zero-order chi connectivity index (χ0) is 17.1. The molecule has 0 aromatic rings. The van der Waals surface area contributed by atoms with Crippen LogP contribution in [0.15, 0.2) is 12.7 Å². The summed E-state index contributed by atoms with van der Waals surface area (Å²) in [7, 11) is -2.01. The fourth-order valence-corrected chi connectivity index (χ4v) is 3.48. The van der Waals surface area contributed by atoms with Crippen LogP contribution in [-0.2, 0) is 14.0 Å². The lowest BCUT2D eigenvalue weighted by Gasteiger charge is -2.38.